The van der Waals surface area contributed by atoms with Crippen LogP contribution in [-0.4, -0.2) is 98.2 Å². The van der Waals surface area contributed by atoms with Gasteiger partial charge >= 0.3 is 6.09 Å². The van der Waals surface area contributed by atoms with Gasteiger partial charge in [0.1, 0.15) is 25.2 Å². The van der Waals surface area contributed by atoms with Crippen molar-refractivity contribution in [2.45, 2.75) is 5.92 Å². The third kappa shape index (κ3) is 11.0. The highest BCUT2D eigenvalue weighted by Crippen LogP contribution is 2.44. The van der Waals surface area contributed by atoms with Crippen LogP contribution in [0.25, 0.3) is 11.1 Å². The molecule has 0 atom stereocenters. The van der Waals surface area contributed by atoms with E-state index < -0.39 is 6.09 Å². The number of benzene rings is 3. The monoisotopic (exact) mass is 607 g/mol. The van der Waals surface area contributed by atoms with E-state index in [9.17, 15) is 9.59 Å². The highest BCUT2D eigenvalue weighted by molar-refractivity contribution is 5.79. The number of hydrogen-bond acceptors (Lipinski definition) is 9. The molecule has 0 spiro atoms. The van der Waals surface area contributed by atoms with E-state index in [1.165, 1.54) is 22.3 Å². The van der Waals surface area contributed by atoms with E-state index in [0.717, 1.165) is 6.29 Å². The van der Waals surface area contributed by atoms with Gasteiger partial charge in [0.25, 0.3) is 0 Å². The van der Waals surface area contributed by atoms with Gasteiger partial charge in [-0.1, -0.05) is 48.5 Å². The minimum Gasteiger partial charge on any atom is -0.491 e. The first-order valence-corrected chi connectivity index (χ1v) is 14.9. The lowest BCUT2D eigenvalue weighted by molar-refractivity contribution is -0.0124. The van der Waals surface area contributed by atoms with Gasteiger partial charge in [-0.05, 0) is 46.5 Å². The van der Waals surface area contributed by atoms with E-state index >= 15 is 0 Å². The average Bonchev–Trinajstić information content (AvgIpc) is 3.38. The second-order valence-electron chi connectivity index (χ2n) is 9.85. The maximum absolute atomic E-state index is 12.2. The van der Waals surface area contributed by atoms with Crippen LogP contribution in [0.4, 0.5) is 4.79 Å². The van der Waals surface area contributed by atoms with E-state index in [1.807, 2.05) is 24.3 Å². The highest BCUT2D eigenvalue weighted by atomic mass is 16.6. The second-order valence-corrected chi connectivity index (χ2v) is 9.85. The van der Waals surface area contributed by atoms with Crippen LogP contribution in [0.2, 0.25) is 0 Å². The minimum absolute atomic E-state index is 0.0383. The maximum atomic E-state index is 12.2. The molecule has 236 valence electrons. The lowest BCUT2D eigenvalue weighted by Crippen LogP contribution is -2.29. The van der Waals surface area contributed by atoms with Gasteiger partial charge in [0.2, 0.25) is 0 Å². The molecule has 3 aromatic rings. The molecule has 1 N–H and O–H groups in total. The molecule has 0 fully saturated rings. The molecule has 1 amide bonds. The van der Waals surface area contributed by atoms with E-state index in [4.69, 9.17) is 33.2 Å². The average molecular weight is 608 g/mol. The molecule has 10 nitrogen and oxygen atoms in total. The number of aldehydes is 1. The van der Waals surface area contributed by atoms with Gasteiger partial charge in [-0.25, -0.2) is 4.79 Å². The summed E-state index contributed by atoms with van der Waals surface area (Å²) in [6, 6.07) is 23.4. The van der Waals surface area contributed by atoms with Crippen LogP contribution in [0.1, 0.15) is 27.4 Å². The Balaban J connectivity index is 0.885. The molecule has 4 rings (SSSR count). The zero-order valence-corrected chi connectivity index (χ0v) is 24.9. The first-order valence-electron chi connectivity index (χ1n) is 14.9. The van der Waals surface area contributed by atoms with Crippen molar-refractivity contribution in [1.29, 1.82) is 0 Å². The molecule has 0 saturated carbocycles. The Kier molecular flexibility index (Phi) is 14.6. The molecule has 3 aromatic carbocycles. The van der Waals surface area contributed by atoms with Crippen molar-refractivity contribution in [3.8, 4) is 16.9 Å². The van der Waals surface area contributed by atoms with E-state index in [0.29, 0.717) is 90.5 Å². The summed E-state index contributed by atoms with van der Waals surface area (Å²) in [5.41, 5.74) is 5.38. The van der Waals surface area contributed by atoms with Crippen molar-refractivity contribution >= 4 is 12.4 Å². The minimum atomic E-state index is -0.453. The number of carbonyl (C=O) groups excluding carboxylic acids is 2. The summed E-state index contributed by atoms with van der Waals surface area (Å²) in [6.07, 6.45) is 0.342. The number of carbonyl (C=O) groups is 2. The van der Waals surface area contributed by atoms with Gasteiger partial charge in [-0.2, -0.15) is 0 Å². The van der Waals surface area contributed by atoms with Crippen molar-refractivity contribution in [3.05, 3.63) is 89.5 Å². The third-order valence-electron chi connectivity index (χ3n) is 6.86. The van der Waals surface area contributed by atoms with Gasteiger partial charge < -0.3 is 38.5 Å². The zero-order chi connectivity index (χ0) is 30.7. The predicted octanol–water partition coefficient (Wildman–Crippen LogP) is 4.50. The second kappa shape index (κ2) is 19.5. The SMILES string of the molecule is O=Cc1ccc(OCCOCCOCCOCCOCCOCCNC(=O)OCC2c3ccccc3-c3ccccc32)cc1. The molecule has 0 saturated heterocycles. The standard InChI is InChI=1S/C34H41NO9/c36-25-27-9-11-28(12-10-27)43-24-23-42-22-21-41-20-19-40-18-17-39-16-15-38-14-13-35-34(37)44-26-33-31-7-3-1-5-29(31)30-6-2-4-8-32(30)33/h1-12,25,33H,13-24,26H2,(H,35,37). The number of hydrogen-bond donors (Lipinski definition) is 1. The van der Waals surface area contributed by atoms with Crippen LogP contribution >= 0.6 is 0 Å². The number of nitrogens with one attached hydrogen (secondary N) is 1. The third-order valence-corrected chi connectivity index (χ3v) is 6.86. The zero-order valence-electron chi connectivity index (χ0n) is 24.9. The molecule has 0 radical (unpaired) electrons. The summed E-state index contributed by atoms with van der Waals surface area (Å²) in [5, 5.41) is 2.74. The number of rotatable bonds is 22. The molecule has 44 heavy (non-hydrogen) atoms. The fraction of sp³-hybridized carbons (Fsp3) is 0.412. The molecule has 10 heteroatoms. The Labute approximate surface area is 258 Å². The van der Waals surface area contributed by atoms with Crippen molar-refractivity contribution in [2.24, 2.45) is 0 Å². The Morgan fingerprint density at radius 3 is 1.61 bits per heavy atom. The largest absolute Gasteiger partial charge is 0.491 e. The molecule has 0 aromatic heterocycles. The van der Waals surface area contributed by atoms with Crippen LogP contribution in [0.5, 0.6) is 5.75 Å². The molecular formula is C34H41NO9. The van der Waals surface area contributed by atoms with Gasteiger partial charge in [0.05, 0.1) is 66.1 Å². The normalized spacial score (nSPS) is 12.0. The molecule has 0 unspecified atom stereocenters. The van der Waals surface area contributed by atoms with Gasteiger partial charge in [0, 0.05) is 18.0 Å². The molecular weight excluding hydrogens is 566 g/mol. The number of fused-ring (bicyclic) bond motifs is 3. The van der Waals surface area contributed by atoms with Crippen molar-refractivity contribution in [2.75, 3.05) is 85.8 Å². The summed E-state index contributed by atoms with van der Waals surface area (Å²) >= 11 is 0. The fourth-order valence-electron chi connectivity index (χ4n) is 4.72. The first-order chi connectivity index (χ1) is 21.8. The van der Waals surface area contributed by atoms with Crippen molar-refractivity contribution in [3.63, 3.8) is 0 Å². The highest BCUT2D eigenvalue weighted by Gasteiger charge is 2.28. The van der Waals surface area contributed by atoms with Crippen LogP contribution in [0.3, 0.4) is 0 Å². The summed E-state index contributed by atoms with van der Waals surface area (Å²) < 4.78 is 38.5. The fourth-order valence-corrected chi connectivity index (χ4v) is 4.72. The summed E-state index contributed by atoms with van der Waals surface area (Å²) in [6.45, 7) is 5.57. The summed E-state index contributed by atoms with van der Waals surface area (Å²) in [4.78, 5) is 22.8. The van der Waals surface area contributed by atoms with Crippen LogP contribution < -0.4 is 10.1 Å². The molecule has 1 aliphatic carbocycles. The smallest absolute Gasteiger partial charge is 0.407 e. The maximum Gasteiger partial charge on any atom is 0.407 e. The number of amides is 1. The molecule has 0 bridgehead atoms. The van der Waals surface area contributed by atoms with E-state index in [1.54, 1.807) is 24.3 Å². The van der Waals surface area contributed by atoms with Crippen LogP contribution in [0, 0.1) is 0 Å². The van der Waals surface area contributed by atoms with Crippen molar-refractivity contribution < 1.29 is 42.7 Å². The lowest BCUT2D eigenvalue weighted by Gasteiger charge is -2.14. The van der Waals surface area contributed by atoms with Crippen LogP contribution in [0.15, 0.2) is 72.8 Å². The van der Waals surface area contributed by atoms with Gasteiger partial charge in [-0.15, -0.1) is 0 Å². The number of ether oxygens (including phenoxy) is 7. The van der Waals surface area contributed by atoms with Crippen LogP contribution in [-0.2, 0) is 28.4 Å². The Hall–Kier alpha value is -3.80. The molecule has 0 aliphatic heterocycles. The van der Waals surface area contributed by atoms with E-state index in [-0.39, 0.29) is 12.5 Å². The number of alkyl carbamates (subject to hydrolysis) is 1. The molecule has 1 aliphatic rings. The van der Waals surface area contributed by atoms with Crippen molar-refractivity contribution in [1.82, 2.24) is 5.32 Å². The van der Waals surface area contributed by atoms with Gasteiger partial charge in [-0.3, -0.25) is 4.79 Å². The Morgan fingerprint density at radius 2 is 1.09 bits per heavy atom. The predicted molar refractivity (Wildman–Crippen MR) is 164 cm³/mol. The van der Waals surface area contributed by atoms with Gasteiger partial charge in [0.15, 0.2) is 0 Å². The Morgan fingerprint density at radius 1 is 0.614 bits per heavy atom. The quantitative estimate of drug-likeness (QED) is 0.130. The Bertz CT molecular complexity index is 1220. The van der Waals surface area contributed by atoms with E-state index in [2.05, 4.69) is 29.6 Å². The summed E-state index contributed by atoms with van der Waals surface area (Å²) in [5.74, 6) is 0.737. The first kappa shape index (κ1) is 33.1. The summed E-state index contributed by atoms with van der Waals surface area (Å²) in [7, 11) is 0. The topological polar surface area (TPSA) is 111 Å². The molecule has 0 heterocycles. The lowest BCUT2D eigenvalue weighted by atomic mass is 9.98.